The van der Waals surface area contributed by atoms with Crippen molar-refractivity contribution >= 4 is 17.0 Å². The maximum atomic E-state index is 12.1. The van der Waals surface area contributed by atoms with Crippen LogP contribution in [0.1, 0.15) is 27.2 Å². The van der Waals surface area contributed by atoms with Gasteiger partial charge in [0.2, 0.25) is 0 Å². The lowest BCUT2D eigenvalue weighted by atomic mass is 10.1. The van der Waals surface area contributed by atoms with E-state index in [9.17, 15) is 4.55 Å². The summed E-state index contributed by atoms with van der Waals surface area (Å²) in [5.74, 6) is 1.65. The molecule has 0 spiro atoms. The number of benzene rings is 1. The van der Waals surface area contributed by atoms with Crippen LogP contribution in [0.5, 0.6) is 0 Å². The van der Waals surface area contributed by atoms with Crippen LogP contribution in [0.3, 0.4) is 0 Å². The quantitative estimate of drug-likeness (QED) is 0.729. The predicted molar refractivity (Wildman–Crippen MR) is 108 cm³/mol. The summed E-state index contributed by atoms with van der Waals surface area (Å²) in [6.45, 7) is 10.6. The molecule has 1 aliphatic rings. The van der Waals surface area contributed by atoms with E-state index in [1.165, 1.54) is 0 Å². The first-order valence-electron chi connectivity index (χ1n) is 9.40. The summed E-state index contributed by atoms with van der Waals surface area (Å²) in [5.41, 5.74) is 1.85. The highest BCUT2D eigenvalue weighted by atomic mass is 32.2. The molecule has 2 aromatic rings. The second-order valence-electron chi connectivity index (χ2n) is 6.97. The Kier molecular flexibility index (Phi) is 6.51. The van der Waals surface area contributed by atoms with Crippen molar-refractivity contribution < 1.29 is 4.55 Å². The number of hydrogen-bond donors (Lipinski definition) is 0. The van der Waals surface area contributed by atoms with Gasteiger partial charge in [-0.15, -0.1) is 10.2 Å². The van der Waals surface area contributed by atoms with Gasteiger partial charge in [-0.1, -0.05) is 6.92 Å². The molecule has 1 unspecified atom stereocenters. The number of anilines is 1. The highest BCUT2D eigenvalue weighted by Gasteiger charge is 2.20. The molecule has 26 heavy (non-hydrogen) atoms. The number of aromatic nitrogens is 2. The SMILES string of the molecule is CCC[S+]([O-])c1ccc(-c2ccc(N3CCN(C(C)C)CC3)nn2)cc1. The van der Waals surface area contributed by atoms with Crippen LogP contribution in [0.4, 0.5) is 5.82 Å². The lowest BCUT2D eigenvalue weighted by molar-refractivity contribution is 0.209. The van der Waals surface area contributed by atoms with Gasteiger partial charge in [-0.3, -0.25) is 4.90 Å². The first-order chi connectivity index (χ1) is 12.6. The van der Waals surface area contributed by atoms with Gasteiger partial charge in [0.25, 0.3) is 0 Å². The third-order valence-corrected chi connectivity index (χ3v) is 6.40. The molecule has 0 radical (unpaired) electrons. The molecule has 0 bridgehead atoms. The van der Waals surface area contributed by atoms with Crippen LogP contribution in [0.2, 0.25) is 0 Å². The Labute approximate surface area is 159 Å². The van der Waals surface area contributed by atoms with E-state index in [0.717, 1.165) is 54.6 Å². The van der Waals surface area contributed by atoms with Gasteiger partial charge in [-0.05, 0) is 67.8 Å². The van der Waals surface area contributed by atoms with E-state index in [4.69, 9.17) is 0 Å². The maximum Gasteiger partial charge on any atom is 0.152 e. The molecule has 2 heterocycles. The molecule has 3 rings (SSSR count). The number of nitrogens with zero attached hydrogens (tertiary/aromatic N) is 4. The highest BCUT2D eigenvalue weighted by molar-refractivity contribution is 7.91. The van der Waals surface area contributed by atoms with E-state index in [-0.39, 0.29) is 0 Å². The minimum atomic E-state index is -0.908. The zero-order valence-corrected chi connectivity index (χ0v) is 16.7. The largest absolute Gasteiger partial charge is 0.611 e. The summed E-state index contributed by atoms with van der Waals surface area (Å²) in [6.07, 6.45) is 0.923. The van der Waals surface area contributed by atoms with Gasteiger partial charge in [0, 0.05) is 37.8 Å². The van der Waals surface area contributed by atoms with Crippen molar-refractivity contribution in [3.63, 3.8) is 0 Å². The summed E-state index contributed by atoms with van der Waals surface area (Å²) < 4.78 is 12.1. The first-order valence-corrected chi connectivity index (χ1v) is 10.7. The molecule has 0 N–H and O–H groups in total. The average Bonchev–Trinajstić information content (AvgIpc) is 2.68. The van der Waals surface area contributed by atoms with Crippen molar-refractivity contribution in [2.24, 2.45) is 0 Å². The monoisotopic (exact) mass is 372 g/mol. The Morgan fingerprint density at radius 3 is 2.23 bits per heavy atom. The van der Waals surface area contributed by atoms with Crippen molar-refractivity contribution in [3.8, 4) is 11.3 Å². The van der Waals surface area contributed by atoms with Crippen LogP contribution in [0.25, 0.3) is 11.3 Å². The number of rotatable bonds is 6. The molecule has 1 fully saturated rings. The van der Waals surface area contributed by atoms with Crippen LogP contribution in [-0.2, 0) is 11.2 Å². The van der Waals surface area contributed by atoms with Gasteiger partial charge < -0.3 is 9.45 Å². The summed E-state index contributed by atoms with van der Waals surface area (Å²) in [7, 11) is 0. The number of hydrogen-bond acceptors (Lipinski definition) is 5. The third kappa shape index (κ3) is 4.55. The second-order valence-corrected chi connectivity index (χ2v) is 8.54. The van der Waals surface area contributed by atoms with Gasteiger partial charge in [-0.25, -0.2) is 0 Å². The van der Waals surface area contributed by atoms with Gasteiger partial charge >= 0.3 is 0 Å². The fraction of sp³-hybridized carbons (Fsp3) is 0.500. The Bertz CT molecular complexity index is 682. The summed E-state index contributed by atoms with van der Waals surface area (Å²) >= 11 is -0.908. The van der Waals surface area contributed by atoms with E-state index in [1.54, 1.807) is 0 Å². The Morgan fingerprint density at radius 2 is 1.69 bits per heavy atom. The van der Waals surface area contributed by atoms with Gasteiger partial charge in [-0.2, -0.15) is 0 Å². The topological polar surface area (TPSA) is 55.3 Å². The van der Waals surface area contributed by atoms with Crippen LogP contribution in [-0.4, -0.2) is 57.6 Å². The molecular formula is C20H28N4OS. The smallest absolute Gasteiger partial charge is 0.152 e. The summed E-state index contributed by atoms with van der Waals surface area (Å²) in [6, 6.07) is 12.5. The van der Waals surface area contributed by atoms with E-state index in [0.29, 0.717) is 11.8 Å². The van der Waals surface area contributed by atoms with Crippen LogP contribution in [0, 0.1) is 0 Å². The van der Waals surface area contributed by atoms with Crippen molar-refractivity contribution in [3.05, 3.63) is 36.4 Å². The molecule has 1 aliphatic heterocycles. The molecular weight excluding hydrogens is 344 g/mol. The lowest BCUT2D eigenvalue weighted by Crippen LogP contribution is -2.49. The van der Waals surface area contributed by atoms with Gasteiger partial charge in [0.15, 0.2) is 10.7 Å². The fourth-order valence-corrected chi connectivity index (χ4v) is 4.24. The predicted octanol–water partition coefficient (Wildman–Crippen LogP) is 3.19. The second kappa shape index (κ2) is 8.84. The summed E-state index contributed by atoms with van der Waals surface area (Å²) in [4.78, 5) is 5.66. The Balaban J connectivity index is 1.64. The number of piperazine rings is 1. The Hall–Kier alpha value is -1.63. The van der Waals surface area contributed by atoms with E-state index in [1.807, 2.05) is 37.3 Å². The molecule has 0 amide bonds. The minimum absolute atomic E-state index is 0.597. The standard InChI is InChI=1S/C20H28N4OS/c1-4-15-26(25)18-7-5-17(6-8-18)19-9-10-20(22-21-19)24-13-11-23(12-14-24)16(2)3/h5-10,16H,4,11-15H2,1-3H3. The molecule has 1 saturated heterocycles. The van der Waals surface area contributed by atoms with Crippen LogP contribution < -0.4 is 4.90 Å². The highest BCUT2D eigenvalue weighted by Crippen LogP contribution is 2.22. The van der Waals surface area contributed by atoms with Crippen LogP contribution in [0.15, 0.2) is 41.3 Å². The van der Waals surface area contributed by atoms with Gasteiger partial charge in [0.05, 0.1) is 5.69 Å². The molecule has 0 aliphatic carbocycles. The van der Waals surface area contributed by atoms with Crippen molar-refractivity contribution in [1.82, 2.24) is 15.1 Å². The first kappa shape index (κ1) is 19.1. The van der Waals surface area contributed by atoms with Crippen molar-refractivity contribution in [2.75, 3.05) is 36.8 Å². The third-order valence-electron chi connectivity index (χ3n) is 4.82. The molecule has 1 aromatic carbocycles. The molecule has 1 atom stereocenters. The van der Waals surface area contributed by atoms with E-state index in [2.05, 4.69) is 39.9 Å². The summed E-state index contributed by atoms with van der Waals surface area (Å²) in [5, 5.41) is 8.84. The normalized spacial score (nSPS) is 16.9. The maximum absolute atomic E-state index is 12.1. The van der Waals surface area contributed by atoms with E-state index < -0.39 is 11.2 Å². The minimum Gasteiger partial charge on any atom is -0.611 e. The van der Waals surface area contributed by atoms with Crippen molar-refractivity contribution in [2.45, 2.75) is 38.1 Å². The van der Waals surface area contributed by atoms with Crippen molar-refractivity contribution in [1.29, 1.82) is 0 Å². The zero-order chi connectivity index (χ0) is 18.5. The fourth-order valence-electron chi connectivity index (χ4n) is 3.20. The lowest BCUT2D eigenvalue weighted by Gasteiger charge is -2.37. The van der Waals surface area contributed by atoms with Gasteiger partial charge in [0.1, 0.15) is 5.75 Å². The average molecular weight is 373 g/mol. The molecule has 6 heteroatoms. The molecule has 0 saturated carbocycles. The molecule has 140 valence electrons. The molecule has 1 aromatic heterocycles. The molecule has 5 nitrogen and oxygen atoms in total. The van der Waals surface area contributed by atoms with E-state index >= 15 is 0 Å². The zero-order valence-electron chi connectivity index (χ0n) is 15.9. The Morgan fingerprint density at radius 1 is 1.00 bits per heavy atom. The van der Waals surface area contributed by atoms with Crippen LogP contribution >= 0.6 is 0 Å².